The quantitative estimate of drug-likeness (QED) is 0.730. The normalized spacial score (nSPS) is 20.0. The molecule has 3 heteroatoms. The second-order valence-electron chi connectivity index (χ2n) is 4.34. The van der Waals surface area contributed by atoms with Crippen LogP contribution in [0, 0.1) is 11.8 Å². The fourth-order valence-corrected chi connectivity index (χ4v) is 2.12. The van der Waals surface area contributed by atoms with Crippen molar-refractivity contribution in [2.24, 2.45) is 5.73 Å². The number of hydrogen-bond donors (Lipinski definition) is 2. The van der Waals surface area contributed by atoms with E-state index in [1.54, 1.807) is 0 Å². The van der Waals surface area contributed by atoms with Gasteiger partial charge in [-0.1, -0.05) is 30.0 Å². The number of nitrogens with two attached hydrogens (primary N) is 1. The zero-order chi connectivity index (χ0) is 12.1. The van der Waals surface area contributed by atoms with Gasteiger partial charge in [-0.05, 0) is 18.1 Å². The zero-order valence-corrected chi connectivity index (χ0v) is 9.89. The molecular formula is C14H18N2O. The van der Waals surface area contributed by atoms with Gasteiger partial charge in [0.2, 0.25) is 0 Å². The topological polar surface area (TPSA) is 49.5 Å². The summed E-state index contributed by atoms with van der Waals surface area (Å²) in [6.45, 7) is 2.96. The van der Waals surface area contributed by atoms with Crippen molar-refractivity contribution in [3.8, 4) is 11.8 Å². The van der Waals surface area contributed by atoms with Gasteiger partial charge in [0.25, 0.3) is 0 Å². The molecule has 3 nitrogen and oxygen atoms in total. The van der Waals surface area contributed by atoms with Crippen LogP contribution in [0.5, 0.6) is 0 Å². The van der Waals surface area contributed by atoms with Crippen LogP contribution in [0.15, 0.2) is 24.3 Å². The molecule has 1 atom stereocenters. The third-order valence-corrected chi connectivity index (χ3v) is 2.98. The van der Waals surface area contributed by atoms with Gasteiger partial charge in [0.1, 0.15) is 0 Å². The van der Waals surface area contributed by atoms with Gasteiger partial charge in [0.15, 0.2) is 0 Å². The highest BCUT2D eigenvalue weighted by atomic mass is 16.3. The van der Waals surface area contributed by atoms with Crippen LogP contribution >= 0.6 is 0 Å². The molecule has 0 spiro atoms. The third kappa shape index (κ3) is 3.31. The fourth-order valence-electron chi connectivity index (χ4n) is 2.12. The smallest absolute Gasteiger partial charge is 0.0679 e. The first-order chi connectivity index (χ1) is 8.29. The molecule has 1 fully saturated rings. The van der Waals surface area contributed by atoms with Gasteiger partial charge in [-0.15, -0.1) is 0 Å². The Balaban J connectivity index is 2.09. The lowest BCUT2D eigenvalue weighted by molar-refractivity contribution is 0.175. The van der Waals surface area contributed by atoms with Gasteiger partial charge in [0, 0.05) is 25.2 Å². The summed E-state index contributed by atoms with van der Waals surface area (Å²) in [5, 5.41) is 9.50. The number of β-amino-alcohol motifs (C(OH)–C–C–N with tert-alkyl or cyclic N) is 1. The van der Waals surface area contributed by atoms with Crippen molar-refractivity contribution < 1.29 is 5.11 Å². The predicted octanol–water partition coefficient (Wildman–Crippen LogP) is 0.563. The average molecular weight is 230 g/mol. The Labute approximate surface area is 102 Å². The molecule has 1 saturated heterocycles. The summed E-state index contributed by atoms with van der Waals surface area (Å²) in [6, 6.07) is 8.12. The van der Waals surface area contributed by atoms with Crippen molar-refractivity contribution in [1.82, 2.24) is 4.90 Å². The van der Waals surface area contributed by atoms with Crippen molar-refractivity contribution >= 4 is 0 Å². The van der Waals surface area contributed by atoms with Crippen LogP contribution in [0.25, 0.3) is 0 Å². The van der Waals surface area contributed by atoms with Crippen LogP contribution in [0.2, 0.25) is 0 Å². The summed E-state index contributed by atoms with van der Waals surface area (Å²) < 4.78 is 0. The third-order valence-electron chi connectivity index (χ3n) is 2.98. The van der Waals surface area contributed by atoms with Gasteiger partial charge in [-0.25, -0.2) is 0 Å². The Morgan fingerprint density at radius 1 is 1.41 bits per heavy atom. The Hall–Kier alpha value is -1.34. The monoisotopic (exact) mass is 230 g/mol. The highest BCUT2D eigenvalue weighted by Gasteiger charge is 2.20. The van der Waals surface area contributed by atoms with E-state index in [4.69, 9.17) is 5.73 Å². The number of rotatable bonds is 2. The summed E-state index contributed by atoms with van der Waals surface area (Å²) in [5.41, 5.74) is 7.64. The number of aliphatic hydroxyl groups is 1. The minimum Gasteiger partial charge on any atom is -0.392 e. The van der Waals surface area contributed by atoms with Crippen LogP contribution < -0.4 is 5.73 Å². The highest BCUT2D eigenvalue weighted by molar-refractivity contribution is 5.41. The SMILES string of the molecule is NCC#Cc1ccccc1CN1CCC(O)C1. The van der Waals surface area contributed by atoms with Crippen molar-refractivity contribution in [2.45, 2.75) is 19.1 Å². The van der Waals surface area contributed by atoms with Gasteiger partial charge in [0.05, 0.1) is 12.6 Å². The number of aliphatic hydroxyl groups excluding tert-OH is 1. The van der Waals surface area contributed by atoms with E-state index in [9.17, 15) is 5.11 Å². The highest BCUT2D eigenvalue weighted by Crippen LogP contribution is 2.15. The molecule has 1 aliphatic heterocycles. The summed E-state index contributed by atoms with van der Waals surface area (Å²) in [7, 11) is 0. The predicted molar refractivity (Wildman–Crippen MR) is 68.3 cm³/mol. The van der Waals surface area contributed by atoms with Gasteiger partial charge in [-0.3, -0.25) is 4.90 Å². The summed E-state index contributed by atoms with van der Waals surface area (Å²) in [5.74, 6) is 5.98. The maximum absolute atomic E-state index is 9.50. The second kappa shape index (κ2) is 5.83. The minimum atomic E-state index is -0.169. The lowest BCUT2D eigenvalue weighted by atomic mass is 10.1. The van der Waals surface area contributed by atoms with Crippen LogP contribution in [-0.4, -0.2) is 35.7 Å². The molecule has 0 saturated carbocycles. The van der Waals surface area contributed by atoms with E-state index >= 15 is 0 Å². The fraction of sp³-hybridized carbons (Fsp3) is 0.429. The van der Waals surface area contributed by atoms with E-state index in [1.165, 1.54) is 5.56 Å². The molecule has 0 bridgehead atoms. The van der Waals surface area contributed by atoms with Crippen molar-refractivity contribution in [1.29, 1.82) is 0 Å². The molecule has 0 aromatic heterocycles. The molecule has 0 amide bonds. The molecule has 1 aromatic rings. The molecule has 17 heavy (non-hydrogen) atoms. The molecule has 90 valence electrons. The van der Waals surface area contributed by atoms with Crippen molar-refractivity contribution in [2.75, 3.05) is 19.6 Å². The van der Waals surface area contributed by atoms with Gasteiger partial charge in [-0.2, -0.15) is 0 Å². The summed E-state index contributed by atoms with van der Waals surface area (Å²) in [6.07, 6.45) is 0.702. The standard InChI is InChI=1S/C14H18N2O/c15-8-3-6-12-4-1-2-5-13(12)10-16-9-7-14(17)11-16/h1-2,4-5,14,17H,7-11,15H2. The molecule has 1 aromatic carbocycles. The summed E-state index contributed by atoms with van der Waals surface area (Å²) in [4.78, 5) is 2.26. The molecule has 1 unspecified atom stereocenters. The lowest BCUT2D eigenvalue weighted by Gasteiger charge is -2.15. The van der Waals surface area contributed by atoms with E-state index in [1.807, 2.05) is 18.2 Å². The maximum Gasteiger partial charge on any atom is 0.0679 e. The minimum absolute atomic E-state index is 0.169. The first-order valence-corrected chi connectivity index (χ1v) is 5.97. The van der Waals surface area contributed by atoms with E-state index in [0.29, 0.717) is 6.54 Å². The van der Waals surface area contributed by atoms with Gasteiger partial charge < -0.3 is 10.8 Å². The van der Waals surface area contributed by atoms with Crippen molar-refractivity contribution in [3.05, 3.63) is 35.4 Å². The first-order valence-electron chi connectivity index (χ1n) is 5.97. The number of hydrogen-bond acceptors (Lipinski definition) is 3. The molecular weight excluding hydrogens is 212 g/mol. The number of benzene rings is 1. The van der Waals surface area contributed by atoms with Crippen LogP contribution in [0.4, 0.5) is 0 Å². The number of nitrogens with zero attached hydrogens (tertiary/aromatic N) is 1. The second-order valence-corrected chi connectivity index (χ2v) is 4.34. The molecule has 0 aliphatic carbocycles. The largest absolute Gasteiger partial charge is 0.392 e. The summed E-state index contributed by atoms with van der Waals surface area (Å²) >= 11 is 0. The van der Waals surface area contributed by atoms with E-state index in [2.05, 4.69) is 22.8 Å². The molecule has 3 N–H and O–H groups in total. The van der Waals surface area contributed by atoms with E-state index in [0.717, 1.165) is 31.6 Å². The zero-order valence-electron chi connectivity index (χ0n) is 9.89. The van der Waals surface area contributed by atoms with Crippen LogP contribution in [0.1, 0.15) is 17.5 Å². The Kier molecular flexibility index (Phi) is 4.16. The first kappa shape index (κ1) is 12.1. The molecule has 1 heterocycles. The van der Waals surface area contributed by atoms with Crippen LogP contribution in [-0.2, 0) is 6.54 Å². The number of likely N-dealkylation sites (tertiary alicyclic amines) is 1. The van der Waals surface area contributed by atoms with E-state index in [-0.39, 0.29) is 6.10 Å². The maximum atomic E-state index is 9.50. The molecule has 2 rings (SSSR count). The average Bonchev–Trinajstić information content (AvgIpc) is 2.74. The van der Waals surface area contributed by atoms with Gasteiger partial charge >= 0.3 is 0 Å². The molecule has 0 radical (unpaired) electrons. The Bertz CT molecular complexity index is 433. The van der Waals surface area contributed by atoms with Crippen molar-refractivity contribution in [3.63, 3.8) is 0 Å². The Morgan fingerprint density at radius 3 is 2.94 bits per heavy atom. The lowest BCUT2D eigenvalue weighted by Crippen LogP contribution is -2.21. The van der Waals surface area contributed by atoms with Crippen LogP contribution in [0.3, 0.4) is 0 Å². The van der Waals surface area contributed by atoms with E-state index < -0.39 is 0 Å². The molecule has 1 aliphatic rings. The Morgan fingerprint density at radius 2 is 2.24 bits per heavy atom.